The monoisotopic (exact) mass is 493 g/mol. The van der Waals surface area contributed by atoms with Crippen LogP contribution in [0.25, 0.3) is 0 Å². The minimum atomic E-state index is -0.998. The number of urea groups is 1. The Morgan fingerprint density at radius 3 is 2.28 bits per heavy atom. The molecule has 4 amide bonds. The number of benzene rings is 2. The molecule has 0 aromatic heterocycles. The van der Waals surface area contributed by atoms with Crippen molar-refractivity contribution in [3.8, 4) is 5.75 Å². The molecule has 1 atom stereocenters. The maximum absolute atomic E-state index is 13.5. The lowest BCUT2D eigenvalue weighted by atomic mass is 9.92. The van der Waals surface area contributed by atoms with E-state index in [0.717, 1.165) is 31.2 Å². The number of nitrogens with one attached hydrogen (secondary N) is 2. The Labute approximate surface area is 212 Å². The van der Waals surface area contributed by atoms with Gasteiger partial charge in [-0.2, -0.15) is 0 Å². The quantitative estimate of drug-likeness (QED) is 0.548. The van der Waals surface area contributed by atoms with Crippen molar-refractivity contribution in [1.29, 1.82) is 0 Å². The van der Waals surface area contributed by atoms with Crippen molar-refractivity contribution in [3.63, 3.8) is 0 Å². The molecule has 2 fully saturated rings. The topological polar surface area (TPSA) is 117 Å². The van der Waals surface area contributed by atoms with Gasteiger partial charge >= 0.3 is 6.03 Å². The normalized spacial score (nSPS) is 21.7. The van der Waals surface area contributed by atoms with Crippen LogP contribution in [0.1, 0.15) is 37.7 Å². The van der Waals surface area contributed by atoms with E-state index in [2.05, 4.69) is 10.6 Å². The van der Waals surface area contributed by atoms with Gasteiger partial charge in [0.25, 0.3) is 5.91 Å². The van der Waals surface area contributed by atoms with E-state index < -0.39 is 12.2 Å². The summed E-state index contributed by atoms with van der Waals surface area (Å²) in [5.41, 5.74) is 7.64. The summed E-state index contributed by atoms with van der Waals surface area (Å²) >= 11 is 0. The number of carbonyl (C=O) groups excluding carboxylic acids is 3. The van der Waals surface area contributed by atoms with Crippen LogP contribution in [0.5, 0.6) is 5.75 Å². The largest absolute Gasteiger partial charge is 0.497 e. The Bertz CT molecular complexity index is 1040. The second kappa shape index (κ2) is 11.9. The zero-order valence-electron chi connectivity index (χ0n) is 20.7. The van der Waals surface area contributed by atoms with E-state index in [-0.39, 0.29) is 36.9 Å². The third-order valence-corrected chi connectivity index (χ3v) is 6.92. The van der Waals surface area contributed by atoms with Crippen LogP contribution < -0.4 is 21.1 Å². The predicted molar refractivity (Wildman–Crippen MR) is 137 cm³/mol. The third kappa shape index (κ3) is 6.34. The summed E-state index contributed by atoms with van der Waals surface area (Å²) in [6, 6.07) is 16.4. The minimum Gasteiger partial charge on any atom is -0.497 e. The maximum atomic E-state index is 13.5. The Kier molecular flexibility index (Phi) is 8.43. The van der Waals surface area contributed by atoms with Gasteiger partial charge in [-0.05, 0) is 61.9 Å². The Balaban J connectivity index is 1.46. The second-order valence-electron chi connectivity index (χ2n) is 9.42. The number of hydrogen-bond acceptors (Lipinski definition) is 5. The lowest BCUT2D eigenvalue weighted by molar-refractivity contribution is -0.141. The number of ether oxygens (including phenoxy) is 1. The highest BCUT2D eigenvalue weighted by Gasteiger charge is 2.43. The average molecular weight is 494 g/mol. The molecule has 2 aliphatic rings. The molecule has 0 spiro atoms. The van der Waals surface area contributed by atoms with Gasteiger partial charge < -0.3 is 26.0 Å². The first-order valence-corrected chi connectivity index (χ1v) is 12.6. The summed E-state index contributed by atoms with van der Waals surface area (Å²) in [7, 11) is 1.57. The van der Waals surface area contributed by atoms with Crippen molar-refractivity contribution in [1.82, 2.24) is 15.1 Å². The number of hydrogen-bond donors (Lipinski definition) is 3. The predicted octanol–water partition coefficient (Wildman–Crippen LogP) is 2.72. The van der Waals surface area contributed by atoms with E-state index >= 15 is 0 Å². The van der Waals surface area contributed by atoms with E-state index in [0.29, 0.717) is 24.4 Å². The molecule has 36 heavy (non-hydrogen) atoms. The average Bonchev–Trinajstić information content (AvgIpc) is 3.35. The van der Waals surface area contributed by atoms with Gasteiger partial charge in [-0.1, -0.05) is 30.3 Å². The molecule has 0 bridgehead atoms. The highest BCUT2D eigenvalue weighted by Crippen LogP contribution is 2.22. The van der Waals surface area contributed by atoms with Crippen LogP contribution in [0.3, 0.4) is 0 Å². The van der Waals surface area contributed by atoms with E-state index in [4.69, 9.17) is 10.5 Å². The number of anilines is 1. The number of carbonyl (C=O) groups is 3. The first kappa shape index (κ1) is 25.5. The third-order valence-electron chi connectivity index (χ3n) is 6.92. The number of aryl methyl sites for hydroxylation is 1. The van der Waals surface area contributed by atoms with Crippen LogP contribution >= 0.6 is 0 Å². The highest BCUT2D eigenvalue weighted by atomic mass is 16.5. The van der Waals surface area contributed by atoms with Gasteiger partial charge in [0.15, 0.2) is 6.17 Å². The molecule has 1 aliphatic heterocycles. The molecule has 2 aromatic rings. The molecule has 0 radical (unpaired) electrons. The van der Waals surface area contributed by atoms with Crippen LogP contribution in [0.15, 0.2) is 54.6 Å². The molecule has 2 aromatic carbocycles. The van der Waals surface area contributed by atoms with Gasteiger partial charge in [0.2, 0.25) is 5.91 Å². The van der Waals surface area contributed by atoms with Crippen LogP contribution in [-0.4, -0.2) is 66.1 Å². The molecule has 1 saturated carbocycles. The summed E-state index contributed by atoms with van der Waals surface area (Å²) in [4.78, 5) is 42.9. The molecule has 1 heterocycles. The Hall–Kier alpha value is -3.59. The van der Waals surface area contributed by atoms with Gasteiger partial charge in [-0.25, -0.2) is 4.79 Å². The molecule has 192 valence electrons. The number of nitrogens with two attached hydrogens (primary N) is 1. The number of rotatable bonds is 7. The summed E-state index contributed by atoms with van der Waals surface area (Å²) in [5.74, 6) is 0.198. The first-order chi connectivity index (χ1) is 17.4. The lowest BCUT2D eigenvalue weighted by Crippen LogP contribution is -2.56. The van der Waals surface area contributed by atoms with Crippen LogP contribution in [0.2, 0.25) is 0 Å². The van der Waals surface area contributed by atoms with Crippen LogP contribution in [0.4, 0.5) is 10.5 Å². The number of nitrogens with zero attached hydrogens (tertiary/aromatic N) is 2. The summed E-state index contributed by atoms with van der Waals surface area (Å²) in [6.45, 7) is 0.573. The fourth-order valence-corrected chi connectivity index (χ4v) is 4.83. The van der Waals surface area contributed by atoms with E-state index in [1.807, 2.05) is 30.3 Å². The molecular formula is C27H35N5O4. The molecular weight excluding hydrogens is 458 g/mol. The summed E-state index contributed by atoms with van der Waals surface area (Å²) < 4.78 is 5.17. The van der Waals surface area contributed by atoms with Crippen molar-refractivity contribution >= 4 is 23.5 Å². The zero-order valence-corrected chi connectivity index (χ0v) is 20.7. The number of methoxy groups -OCH3 is 1. The van der Waals surface area contributed by atoms with Crippen LogP contribution in [0, 0.1) is 0 Å². The molecule has 1 unspecified atom stereocenters. The van der Waals surface area contributed by atoms with E-state index in [1.54, 1.807) is 31.4 Å². The fourth-order valence-electron chi connectivity index (χ4n) is 4.83. The van der Waals surface area contributed by atoms with Gasteiger partial charge in [-0.3, -0.25) is 14.5 Å². The molecule has 9 nitrogen and oxygen atoms in total. The maximum Gasteiger partial charge on any atom is 0.323 e. The minimum absolute atomic E-state index is 0.00864. The van der Waals surface area contributed by atoms with Crippen molar-refractivity contribution in [2.45, 2.75) is 56.8 Å². The van der Waals surface area contributed by atoms with Crippen molar-refractivity contribution < 1.29 is 19.1 Å². The lowest BCUT2D eigenvalue weighted by Gasteiger charge is -2.32. The van der Waals surface area contributed by atoms with Gasteiger partial charge in [0.05, 0.1) is 7.11 Å². The first-order valence-electron chi connectivity index (χ1n) is 12.6. The molecule has 1 saturated heterocycles. The molecule has 4 N–H and O–H groups in total. The molecule has 4 rings (SSSR count). The van der Waals surface area contributed by atoms with Crippen molar-refractivity contribution in [3.05, 3.63) is 60.2 Å². The molecule has 9 heteroatoms. The highest BCUT2D eigenvalue weighted by molar-refractivity contribution is 5.96. The standard InChI is InChI=1S/C27H35N5O4/c1-36-23-14-12-22(13-15-23)30-27(35)32-18-17-31(24(33)16-7-19-5-3-2-4-6-19)26(32)25(34)29-21-10-8-20(28)9-11-21/h2-6,12-15,20-21,26H,7-11,16-18,28H2,1H3,(H,29,34)(H,30,35). The van der Waals surface area contributed by atoms with Crippen LogP contribution in [-0.2, 0) is 16.0 Å². The second-order valence-corrected chi connectivity index (χ2v) is 9.42. The Morgan fingerprint density at radius 1 is 0.944 bits per heavy atom. The fraction of sp³-hybridized carbons (Fsp3) is 0.444. The zero-order chi connectivity index (χ0) is 25.5. The smallest absolute Gasteiger partial charge is 0.323 e. The van der Waals surface area contributed by atoms with Gasteiger partial charge in [0.1, 0.15) is 5.75 Å². The molecule has 1 aliphatic carbocycles. The summed E-state index contributed by atoms with van der Waals surface area (Å²) in [5, 5.41) is 5.92. The van der Waals surface area contributed by atoms with Gasteiger partial charge in [0, 0.05) is 37.3 Å². The summed E-state index contributed by atoms with van der Waals surface area (Å²) in [6.07, 6.45) is 3.11. The van der Waals surface area contributed by atoms with E-state index in [1.165, 1.54) is 9.80 Å². The Morgan fingerprint density at radius 2 is 1.61 bits per heavy atom. The van der Waals surface area contributed by atoms with Gasteiger partial charge in [-0.15, -0.1) is 0 Å². The van der Waals surface area contributed by atoms with E-state index in [9.17, 15) is 14.4 Å². The van der Waals surface area contributed by atoms with Crippen molar-refractivity contribution in [2.24, 2.45) is 5.73 Å². The van der Waals surface area contributed by atoms with Crippen molar-refractivity contribution in [2.75, 3.05) is 25.5 Å². The SMILES string of the molecule is COc1ccc(NC(=O)N2CCN(C(=O)CCc3ccccc3)C2C(=O)NC2CCC(N)CC2)cc1. The number of amides is 4.